The first kappa shape index (κ1) is 13.7. The summed E-state index contributed by atoms with van der Waals surface area (Å²) in [5.74, 6) is 0.498. The van der Waals surface area contributed by atoms with Gasteiger partial charge in [0.25, 0.3) is 0 Å². The number of methoxy groups -OCH3 is 1. The van der Waals surface area contributed by atoms with Crippen LogP contribution in [0.2, 0.25) is 0 Å². The largest absolute Gasteiger partial charge is 0.497 e. The highest BCUT2D eigenvalue weighted by Gasteiger charge is 2.21. The highest BCUT2D eigenvalue weighted by molar-refractivity contribution is 7.99. The Hall–Kier alpha value is -2.26. The maximum Gasteiger partial charge on any atom is 0.412 e. The fourth-order valence-electron chi connectivity index (χ4n) is 1.58. The van der Waals surface area contributed by atoms with E-state index in [1.807, 2.05) is 5.38 Å². The summed E-state index contributed by atoms with van der Waals surface area (Å²) in [4.78, 5) is 23.3. The molecule has 1 unspecified atom stereocenters. The number of fused-ring (bicyclic) bond motifs is 1. The number of carbonyl (C=O) groups excluding carboxylic acids is 1. The number of ether oxygens (including phenoxy) is 2. The topological polar surface area (TPSA) is 94.2 Å². The second-order valence-electron chi connectivity index (χ2n) is 3.84. The normalized spacial score (nSPS) is 12.2. The third-order valence-electron chi connectivity index (χ3n) is 2.55. The number of rotatable bonds is 3. The lowest BCUT2D eigenvalue weighted by atomic mass is 10.4. The number of aromatic nitrogens is 3. The van der Waals surface area contributed by atoms with E-state index in [0.717, 1.165) is 5.52 Å². The molecule has 0 aliphatic carbocycles. The summed E-state index contributed by atoms with van der Waals surface area (Å²) in [7, 11) is -0.569. The minimum Gasteiger partial charge on any atom is -0.497 e. The van der Waals surface area contributed by atoms with Gasteiger partial charge in [0.1, 0.15) is 10.6 Å². The Morgan fingerprint density at radius 1 is 1.43 bits per heavy atom. The molecule has 1 atom stereocenters. The average molecular weight is 323 g/mol. The minimum atomic E-state index is -2.05. The fourth-order valence-corrected chi connectivity index (χ4v) is 3.06. The minimum absolute atomic E-state index is 0.0149. The quantitative estimate of drug-likeness (QED) is 0.743. The highest BCUT2D eigenvalue weighted by Crippen LogP contribution is 2.21. The van der Waals surface area contributed by atoms with Crippen LogP contribution < -0.4 is 9.47 Å². The molecule has 3 rings (SSSR count). The van der Waals surface area contributed by atoms with Crippen molar-refractivity contribution in [1.82, 2.24) is 15.0 Å². The van der Waals surface area contributed by atoms with E-state index >= 15 is 0 Å². The maximum absolute atomic E-state index is 12.1. The molecule has 0 fully saturated rings. The summed E-state index contributed by atoms with van der Waals surface area (Å²) < 4.78 is 22.0. The van der Waals surface area contributed by atoms with Crippen molar-refractivity contribution >= 4 is 37.8 Å². The van der Waals surface area contributed by atoms with Crippen LogP contribution in [0.25, 0.3) is 10.3 Å². The number of hydrogen-bond acceptors (Lipinski definition) is 7. The lowest BCUT2D eigenvalue weighted by Gasteiger charge is -2.03. The molecule has 108 valence electrons. The number of H-pyrrole nitrogens is 1. The van der Waals surface area contributed by atoms with Crippen LogP contribution in [0.15, 0.2) is 34.9 Å². The first-order valence-corrected chi connectivity index (χ1v) is 7.77. The fraction of sp³-hybridized carbons (Fsp3) is 0.0833. The molecule has 9 heteroatoms. The predicted molar refractivity (Wildman–Crippen MR) is 77.2 cm³/mol. The molecule has 3 heterocycles. The number of thiophene rings is 1. The molecule has 1 N–H and O–H groups in total. The van der Waals surface area contributed by atoms with Gasteiger partial charge in [0, 0.05) is 12.3 Å². The first-order valence-electron chi connectivity index (χ1n) is 5.74. The number of nitrogens with zero attached hydrogens (tertiary/aromatic N) is 2. The molecule has 0 spiro atoms. The van der Waals surface area contributed by atoms with Crippen molar-refractivity contribution in [2.45, 2.75) is 5.16 Å². The Balaban J connectivity index is 1.78. The lowest BCUT2D eigenvalue weighted by Crippen LogP contribution is -2.14. The van der Waals surface area contributed by atoms with E-state index in [1.165, 1.54) is 30.7 Å². The Morgan fingerprint density at radius 3 is 3.05 bits per heavy atom. The molecule has 0 saturated carbocycles. The standard InChI is InChI=1S/C12H9N3O4S2/c1-18-7-2-4-13-9(6-7)19-12(16)21(17)11-14-8-3-5-20-10(8)15-11/h2-6H,1H3,(H,14,15). The van der Waals surface area contributed by atoms with Gasteiger partial charge in [0.15, 0.2) is 10.8 Å². The van der Waals surface area contributed by atoms with E-state index in [4.69, 9.17) is 9.47 Å². The monoisotopic (exact) mass is 323 g/mol. The summed E-state index contributed by atoms with van der Waals surface area (Å²) in [5, 5.41) is 0.959. The molecular formula is C12H9N3O4S2. The Morgan fingerprint density at radius 2 is 2.29 bits per heavy atom. The van der Waals surface area contributed by atoms with Gasteiger partial charge in [-0.1, -0.05) is 0 Å². The maximum atomic E-state index is 12.1. The predicted octanol–water partition coefficient (Wildman–Crippen LogP) is 2.33. The van der Waals surface area contributed by atoms with E-state index in [0.29, 0.717) is 10.6 Å². The molecule has 0 saturated heterocycles. The van der Waals surface area contributed by atoms with E-state index in [2.05, 4.69) is 15.0 Å². The van der Waals surface area contributed by atoms with Crippen molar-refractivity contribution in [3.8, 4) is 11.6 Å². The number of hydrogen-bond donors (Lipinski definition) is 1. The van der Waals surface area contributed by atoms with Crippen LogP contribution in [0.3, 0.4) is 0 Å². The third-order valence-corrected chi connectivity index (χ3v) is 4.28. The van der Waals surface area contributed by atoms with Gasteiger partial charge < -0.3 is 14.5 Å². The van der Waals surface area contributed by atoms with Crippen LogP contribution in [0.5, 0.6) is 11.6 Å². The SMILES string of the molecule is COc1ccnc(OC(=O)S(=O)c2nc3sccc3[nH]2)c1. The third kappa shape index (κ3) is 2.78. The number of carbonyl (C=O) groups is 1. The number of pyridine rings is 1. The second kappa shape index (κ2) is 5.62. The van der Waals surface area contributed by atoms with Gasteiger partial charge in [-0.25, -0.2) is 19.0 Å². The van der Waals surface area contributed by atoms with Gasteiger partial charge in [0.05, 0.1) is 12.6 Å². The van der Waals surface area contributed by atoms with Crippen molar-refractivity contribution in [2.24, 2.45) is 0 Å². The summed E-state index contributed by atoms with van der Waals surface area (Å²) in [6.45, 7) is 0. The van der Waals surface area contributed by atoms with Gasteiger partial charge in [-0.15, -0.1) is 11.3 Å². The zero-order valence-electron chi connectivity index (χ0n) is 10.7. The van der Waals surface area contributed by atoms with Crippen LogP contribution in [0.1, 0.15) is 0 Å². The lowest BCUT2D eigenvalue weighted by molar-refractivity contribution is 0.223. The van der Waals surface area contributed by atoms with Gasteiger partial charge in [-0.3, -0.25) is 0 Å². The van der Waals surface area contributed by atoms with E-state index in [1.54, 1.807) is 12.1 Å². The van der Waals surface area contributed by atoms with Crippen LogP contribution in [0, 0.1) is 0 Å². The van der Waals surface area contributed by atoms with Crippen LogP contribution >= 0.6 is 11.3 Å². The smallest absolute Gasteiger partial charge is 0.412 e. The van der Waals surface area contributed by atoms with E-state index < -0.39 is 16.1 Å². The molecule has 0 aromatic carbocycles. The summed E-state index contributed by atoms with van der Waals surface area (Å²) in [5.41, 5.74) is 0.732. The highest BCUT2D eigenvalue weighted by atomic mass is 32.2. The van der Waals surface area contributed by atoms with Crippen LogP contribution in [0.4, 0.5) is 4.79 Å². The van der Waals surface area contributed by atoms with Gasteiger partial charge in [-0.2, -0.15) is 0 Å². The molecule has 0 amide bonds. The van der Waals surface area contributed by atoms with Crippen LogP contribution in [-0.2, 0) is 10.8 Å². The molecule has 21 heavy (non-hydrogen) atoms. The van der Waals surface area contributed by atoms with E-state index in [-0.39, 0.29) is 11.0 Å². The summed E-state index contributed by atoms with van der Waals surface area (Å²) in [6.07, 6.45) is 1.42. The van der Waals surface area contributed by atoms with Gasteiger partial charge in [0.2, 0.25) is 11.0 Å². The van der Waals surface area contributed by atoms with Crippen molar-refractivity contribution in [3.63, 3.8) is 0 Å². The van der Waals surface area contributed by atoms with Crippen molar-refractivity contribution < 1.29 is 18.5 Å². The number of nitrogens with one attached hydrogen (secondary N) is 1. The molecule has 7 nitrogen and oxygen atoms in total. The second-order valence-corrected chi connectivity index (χ2v) is 5.99. The summed E-state index contributed by atoms with van der Waals surface area (Å²) >= 11 is 1.39. The van der Waals surface area contributed by atoms with Crippen molar-refractivity contribution in [3.05, 3.63) is 29.8 Å². The average Bonchev–Trinajstić information content (AvgIpc) is 3.07. The van der Waals surface area contributed by atoms with Crippen molar-refractivity contribution in [1.29, 1.82) is 0 Å². The zero-order valence-corrected chi connectivity index (χ0v) is 12.4. The number of aromatic amines is 1. The molecule has 3 aromatic heterocycles. The van der Waals surface area contributed by atoms with E-state index in [9.17, 15) is 9.00 Å². The van der Waals surface area contributed by atoms with Gasteiger partial charge >= 0.3 is 5.30 Å². The Bertz CT molecular complexity index is 798. The molecule has 3 aromatic rings. The Kier molecular flexibility index (Phi) is 3.67. The number of imidazole rings is 1. The first-order chi connectivity index (χ1) is 10.2. The molecule has 0 radical (unpaired) electrons. The Labute approximate surface area is 125 Å². The molecule has 0 aliphatic heterocycles. The molecular weight excluding hydrogens is 314 g/mol. The van der Waals surface area contributed by atoms with Crippen molar-refractivity contribution in [2.75, 3.05) is 7.11 Å². The summed E-state index contributed by atoms with van der Waals surface area (Å²) in [6, 6.07) is 4.83. The molecule has 0 bridgehead atoms. The van der Waals surface area contributed by atoms with Crippen LogP contribution in [-0.4, -0.2) is 31.6 Å². The van der Waals surface area contributed by atoms with Gasteiger partial charge in [-0.05, 0) is 17.5 Å². The zero-order chi connectivity index (χ0) is 14.8. The molecule has 0 aliphatic rings.